The fraction of sp³-hybridized carbons (Fsp3) is 0.900. The zero-order valence-corrected chi connectivity index (χ0v) is 9.66. The van der Waals surface area contributed by atoms with Crippen molar-refractivity contribution in [2.75, 3.05) is 19.6 Å². The van der Waals surface area contributed by atoms with Gasteiger partial charge in [0.15, 0.2) is 0 Å². The molecule has 0 unspecified atom stereocenters. The number of rotatable bonds is 2. The number of nitrogens with zero attached hydrogens (tertiary/aromatic N) is 1. The van der Waals surface area contributed by atoms with Crippen LogP contribution in [-0.2, 0) is 9.57 Å². The Kier molecular flexibility index (Phi) is 3.93. The molecule has 88 valence electrons. The van der Waals surface area contributed by atoms with Gasteiger partial charge in [-0.05, 0) is 39.7 Å². The Morgan fingerprint density at radius 1 is 1.53 bits per heavy atom. The van der Waals surface area contributed by atoms with Crippen LogP contribution in [0.25, 0.3) is 0 Å². The van der Waals surface area contributed by atoms with E-state index in [1.54, 1.807) is 25.8 Å². The number of nitrogens with two attached hydrogens (primary N) is 1. The first-order valence-corrected chi connectivity index (χ1v) is 5.26. The third-order valence-electron chi connectivity index (χ3n) is 2.18. The van der Waals surface area contributed by atoms with Gasteiger partial charge < -0.3 is 15.3 Å². The fourth-order valence-corrected chi connectivity index (χ4v) is 1.45. The third-order valence-corrected chi connectivity index (χ3v) is 2.18. The molecule has 1 fully saturated rings. The normalized spacial score (nSPS) is 22.8. The van der Waals surface area contributed by atoms with Gasteiger partial charge in [-0.3, -0.25) is 0 Å². The first-order valence-electron chi connectivity index (χ1n) is 5.26. The Bertz CT molecular complexity index is 225. The smallest absolute Gasteiger partial charge is 0.427 e. The Balaban J connectivity index is 2.28. The van der Waals surface area contributed by atoms with E-state index in [0.717, 1.165) is 13.0 Å². The Labute approximate surface area is 90.5 Å². The molecule has 1 rings (SSSR count). The molecule has 15 heavy (non-hydrogen) atoms. The molecule has 0 aliphatic carbocycles. The summed E-state index contributed by atoms with van der Waals surface area (Å²) in [7, 11) is 0. The van der Waals surface area contributed by atoms with Crippen LogP contribution in [0.15, 0.2) is 0 Å². The van der Waals surface area contributed by atoms with Crippen LogP contribution in [0.2, 0.25) is 0 Å². The van der Waals surface area contributed by atoms with E-state index in [0.29, 0.717) is 19.0 Å². The highest BCUT2D eigenvalue weighted by Crippen LogP contribution is 2.16. The number of hydroxylamine groups is 2. The van der Waals surface area contributed by atoms with Crippen LogP contribution in [0.5, 0.6) is 0 Å². The second kappa shape index (κ2) is 4.81. The average Bonchev–Trinajstić information content (AvgIpc) is 2.48. The Hall–Kier alpha value is -0.810. The highest BCUT2D eigenvalue weighted by Gasteiger charge is 2.26. The van der Waals surface area contributed by atoms with Gasteiger partial charge in [0.2, 0.25) is 0 Å². The van der Waals surface area contributed by atoms with Crippen LogP contribution in [-0.4, -0.2) is 36.5 Å². The largest absolute Gasteiger partial charge is 0.528 e. The Morgan fingerprint density at radius 3 is 2.67 bits per heavy atom. The molecule has 0 spiro atoms. The lowest BCUT2D eigenvalue weighted by atomic mass is 10.1. The topological polar surface area (TPSA) is 64.8 Å². The highest BCUT2D eigenvalue weighted by atomic mass is 16.8. The van der Waals surface area contributed by atoms with Gasteiger partial charge in [-0.2, -0.15) is 0 Å². The zero-order chi connectivity index (χ0) is 11.5. The molecule has 1 saturated heterocycles. The van der Waals surface area contributed by atoms with Crippen LogP contribution in [0.3, 0.4) is 0 Å². The van der Waals surface area contributed by atoms with Gasteiger partial charge in [-0.15, -0.1) is 5.06 Å². The van der Waals surface area contributed by atoms with Crippen molar-refractivity contribution in [3.05, 3.63) is 0 Å². The molecule has 0 saturated carbocycles. The summed E-state index contributed by atoms with van der Waals surface area (Å²) in [5.41, 5.74) is 5.02. The molecule has 0 aromatic rings. The lowest BCUT2D eigenvalue weighted by molar-refractivity contribution is -0.131. The maximum atomic E-state index is 11.3. The first-order chi connectivity index (χ1) is 6.90. The minimum Gasteiger partial charge on any atom is -0.427 e. The van der Waals surface area contributed by atoms with E-state index in [-0.39, 0.29) is 0 Å². The number of ether oxygens (including phenoxy) is 1. The second-order valence-corrected chi connectivity index (χ2v) is 4.83. The minimum atomic E-state index is -0.639. The van der Waals surface area contributed by atoms with Crippen LogP contribution in [0, 0.1) is 5.92 Å². The van der Waals surface area contributed by atoms with E-state index < -0.39 is 11.8 Å². The van der Waals surface area contributed by atoms with Crippen molar-refractivity contribution >= 4 is 6.16 Å². The molecule has 1 heterocycles. The summed E-state index contributed by atoms with van der Waals surface area (Å²) in [6, 6.07) is 0. The van der Waals surface area contributed by atoms with Crippen molar-refractivity contribution in [2.24, 2.45) is 11.7 Å². The summed E-state index contributed by atoms with van der Waals surface area (Å²) in [4.78, 5) is 16.3. The quantitative estimate of drug-likeness (QED) is 0.701. The summed E-state index contributed by atoms with van der Waals surface area (Å²) in [6.45, 7) is 7.49. The van der Waals surface area contributed by atoms with Gasteiger partial charge in [-0.1, -0.05) is 0 Å². The molecule has 1 aliphatic heterocycles. The summed E-state index contributed by atoms with van der Waals surface area (Å²) in [5, 5.41) is 1.62. The predicted molar refractivity (Wildman–Crippen MR) is 56.1 cm³/mol. The Morgan fingerprint density at radius 2 is 2.20 bits per heavy atom. The number of hydrogen-bond donors (Lipinski definition) is 1. The standard InChI is InChI=1S/C10H20N2O3/c1-10(2,3)14-9(13)15-12-5-4-8(6-11)7-12/h8H,4-7,11H2,1-3H3/t8-/m0/s1. The first kappa shape index (κ1) is 12.3. The molecule has 2 N–H and O–H groups in total. The predicted octanol–water partition coefficient (Wildman–Crippen LogP) is 1.13. The molecule has 5 heteroatoms. The maximum absolute atomic E-state index is 11.3. The van der Waals surface area contributed by atoms with Gasteiger partial charge in [0.05, 0.1) is 0 Å². The molecule has 0 aromatic heterocycles. The van der Waals surface area contributed by atoms with Crippen LogP contribution in [0.1, 0.15) is 27.2 Å². The van der Waals surface area contributed by atoms with Gasteiger partial charge in [-0.25, -0.2) is 4.79 Å². The van der Waals surface area contributed by atoms with Crippen LogP contribution in [0.4, 0.5) is 4.79 Å². The van der Waals surface area contributed by atoms with Gasteiger partial charge >= 0.3 is 6.16 Å². The number of carbonyl (C=O) groups is 1. The van der Waals surface area contributed by atoms with Gasteiger partial charge in [0.1, 0.15) is 5.60 Å². The zero-order valence-electron chi connectivity index (χ0n) is 9.66. The maximum Gasteiger partial charge on any atom is 0.528 e. The molecule has 5 nitrogen and oxygen atoms in total. The average molecular weight is 216 g/mol. The van der Waals surface area contributed by atoms with Crippen molar-refractivity contribution in [1.29, 1.82) is 0 Å². The SMILES string of the molecule is CC(C)(C)OC(=O)ON1CC[C@@H](CN)C1. The monoisotopic (exact) mass is 216 g/mol. The van der Waals surface area contributed by atoms with Crippen molar-refractivity contribution in [2.45, 2.75) is 32.8 Å². The molecule has 1 atom stereocenters. The molecule has 0 radical (unpaired) electrons. The lowest BCUT2D eigenvalue weighted by Crippen LogP contribution is -2.31. The third kappa shape index (κ3) is 4.48. The summed E-state index contributed by atoms with van der Waals surface area (Å²) >= 11 is 0. The van der Waals surface area contributed by atoms with Gasteiger partial charge in [0, 0.05) is 13.1 Å². The summed E-state index contributed by atoms with van der Waals surface area (Å²) in [5.74, 6) is 0.424. The van der Waals surface area contributed by atoms with Crippen molar-refractivity contribution < 1.29 is 14.4 Å². The van der Waals surface area contributed by atoms with Crippen molar-refractivity contribution in [1.82, 2.24) is 5.06 Å². The van der Waals surface area contributed by atoms with E-state index in [9.17, 15) is 4.79 Å². The van der Waals surface area contributed by atoms with Crippen LogP contribution >= 0.6 is 0 Å². The van der Waals surface area contributed by atoms with E-state index >= 15 is 0 Å². The fourth-order valence-electron chi connectivity index (χ4n) is 1.45. The molecule has 1 aliphatic rings. The van der Waals surface area contributed by atoms with Gasteiger partial charge in [0.25, 0.3) is 0 Å². The van der Waals surface area contributed by atoms with E-state index in [2.05, 4.69) is 0 Å². The summed E-state index contributed by atoms with van der Waals surface area (Å²) < 4.78 is 5.03. The van der Waals surface area contributed by atoms with Crippen LogP contribution < -0.4 is 5.73 Å². The second-order valence-electron chi connectivity index (χ2n) is 4.83. The minimum absolute atomic E-state index is 0.424. The molecule has 0 bridgehead atoms. The highest BCUT2D eigenvalue weighted by molar-refractivity contribution is 5.60. The van der Waals surface area contributed by atoms with Crippen molar-refractivity contribution in [3.63, 3.8) is 0 Å². The molecular weight excluding hydrogens is 196 g/mol. The van der Waals surface area contributed by atoms with E-state index in [4.69, 9.17) is 15.3 Å². The van der Waals surface area contributed by atoms with Crippen molar-refractivity contribution in [3.8, 4) is 0 Å². The molecular formula is C10H20N2O3. The van der Waals surface area contributed by atoms with E-state index in [1.165, 1.54) is 0 Å². The number of carbonyl (C=O) groups excluding carboxylic acids is 1. The molecule has 0 aromatic carbocycles. The lowest BCUT2D eigenvalue weighted by Gasteiger charge is -2.21. The molecule has 0 amide bonds. The summed E-state index contributed by atoms with van der Waals surface area (Å²) in [6.07, 6.45) is 0.333. The van der Waals surface area contributed by atoms with E-state index in [1.807, 2.05) is 0 Å². The number of hydrogen-bond acceptors (Lipinski definition) is 5.